The lowest BCUT2D eigenvalue weighted by molar-refractivity contribution is -0.117. The van der Waals surface area contributed by atoms with Gasteiger partial charge in [-0.15, -0.1) is 0 Å². The van der Waals surface area contributed by atoms with E-state index in [-0.39, 0.29) is 11.9 Å². The lowest BCUT2D eigenvalue weighted by Crippen LogP contribution is -2.49. The number of rotatable bonds is 5. The highest BCUT2D eigenvalue weighted by Crippen LogP contribution is 2.19. The summed E-state index contributed by atoms with van der Waals surface area (Å²) in [4.78, 5) is 14.7. The number of ether oxygens (including phenoxy) is 1. The van der Waals surface area contributed by atoms with Crippen molar-refractivity contribution in [3.05, 3.63) is 24.3 Å². The van der Waals surface area contributed by atoms with Gasteiger partial charge in [-0.1, -0.05) is 24.7 Å². The monoisotopic (exact) mass is 307 g/mol. The van der Waals surface area contributed by atoms with E-state index < -0.39 is 0 Å². The summed E-state index contributed by atoms with van der Waals surface area (Å²) in [6.45, 7) is 1.16. The van der Waals surface area contributed by atoms with Crippen LogP contribution in [0.4, 0.5) is 5.69 Å². The van der Waals surface area contributed by atoms with Crippen LogP contribution in [0.5, 0.6) is 5.75 Å². The van der Waals surface area contributed by atoms with Crippen LogP contribution in [0.1, 0.15) is 19.3 Å². The lowest BCUT2D eigenvalue weighted by atomic mass is 10.0. The molecule has 1 saturated heterocycles. The van der Waals surface area contributed by atoms with E-state index in [1.807, 2.05) is 18.2 Å². The molecule has 1 amide bonds. The first-order valence-corrected chi connectivity index (χ1v) is 7.48. The Bertz CT molecular complexity index is 521. The topological polar surface area (TPSA) is 67.6 Å². The summed E-state index contributed by atoms with van der Waals surface area (Å²) in [6.07, 6.45) is 3.11. The van der Waals surface area contributed by atoms with Gasteiger partial charge in [0.15, 0.2) is 0 Å². The normalized spacial score (nSPS) is 19.0. The van der Waals surface area contributed by atoms with Crippen molar-refractivity contribution in [1.82, 2.24) is 4.90 Å². The van der Waals surface area contributed by atoms with Gasteiger partial charge in [-0.3, -0.25) is 9.69 Å². The molecule has 3 N–H and O–H groups in total. The molecule has 114 valence electrons. The standard InChI is InChI=1S/C15H21N3O2S/c1-20-12-6-4-5-11(9-12)17-14(19)10-18-8-3-2-7-13(18)15(16)21/h4-6,9,13H,2-3,7-8,10H2,1H3,(H2,16,21)(H,17,19). The molecule has 2 rings (SSSR count). The lowest BCUT2D eigenvalue weighted by Gasteiger charge is -2.34. The van der Waals surface area contributed by atoms with Crippen LogP contribution < -0.4 is 15.8 Å². The Balaban J connectivity index is 1.95. The highest BCUT2D eigenvalue weighted by Gasteiger charge is 2.26. The van der Waals surface area contributed by atoms with Gasteiger partial charge in [0.05, 0.1) is 24.7 Å². The first-order valence-electron chi connectivity index (χ1n) is 7.07. The predicted molar refractivity (Wildman–Crippen MR) is 87.6 cm³/mol. The van der Waals surface area contributed by atoms with Crippen molar-refractivity contribution in [2.45, 2.75) is 25.3 Å². The zero-order valence-electron chi connectivity index (χ0n) is 12.2. The molecular formula is C15H21N3O2S. The molecule has 21 heavy (non-hydrogen) atoms. The van der Waals surface area contributed by atoms with Gasteiger partial charge in [0.25, 0.3) is 0 Å². The number of benzene rings is 1. The summed E-state index contributed by atoms with van der Waals surface area (Å²) < 4.78 is 5.14. The molecule has 1 unspecified atom stereocenters. The number of nitrogens with zero attached hydrogens (tertiary/aromatic N) is 1. The number of nitrogens with two attached hydrogens (primary N) is 1. The number of hydrogen-bond acceptors (Lipinski definition) is 4. The highest BCUT2D eigenvalue weighted by molar-refractivity contribution is 7.80. The molecule has 0 radical (unpaired) electrons. The van der Waals surface area contributed by atoms with Crippen molar-refractivity contribution in [3.63, 3.8) is 0 Å². The van der Waals surface area contributed by atoms with Crippen LogP contribution in [-0.4, -0.2) is 42.0 Å². The minimum absolute atomic E-state index is 0.0322. The number of amides is 1. The van der Waals surface area contributed by atoms with Gasteiger partial charge >= 0.3 is 0 Å². The molecule has 1 heterocycles. The first-order chi connectivity index (χ1) is 10.1. The van der Waals surface area contributed by atoms with Gasteiger partial charge in [0, 0.05) is 11.8 Å². The molecule has 1 aliphatic rings. The summed E-state index contributed by atoms with van der Waals surface area (Å²) in [5.74, 6) is 0.651. The van der Waals surface area contributed by atoms with Crippen LogP contribution in [0.3, 0.4) is 0 Å². The number of anilines is 1. The molecule has 1 aromatic rings. The number of thiocarbonyl (C=S) groups is 1. The fourth-order valence-electron chi connectivity index (χ4n) is 2.59. The average molecular weight is 307 g/mol. The molecule has 1 aromatic carbocycles. The summed E-state index contributed by atoms with van der Waals surface area (Å²) in [5.41, 5.74) is 6.49. The van der Waals surface area contributed by atoms with Crippen molar-refractivity contribution in [2.24, 2.45) is 5.73 Å². The maximum absolute atomic E-state index is 12.2. The van der Waals surface area contributed by atoms with Crippen LogP contribution in [0.15, 0.2) is 24.3 Å². The second-order valence-corrected chi connectivity index (χ2v) is 5.64. The van der Waals surface area contributed by atoms with Gasteiger partial charge in [-0.05, 0) is 31.5 Å². The number of nitrogens with one attached hydrogen (secondary N) is 1. The van der Waals surface area contributed by atoms with E-state index in [4.69, 9.17) is 22.7 Å². The van der Waals surface area contributed by atoms with Crippen molar-refractivity contribution < 1.29 is 9.53 Å². The molecule has 0 spiro atoms. The third kappa shape index (κ3) is 4.41. The zero-order valence-corrected chi connectivity index (χ0v) is 13.0. The third-order valence-electron chi connectivity index (χ3n) is 3.64. The minimum atomic E-state index is -0.0635. The molecule has 1 aliphatic heterocycles. The Morgan fingerprint density at radius 3 is 3.05 bits per heavy atom. The molecule has 5 nitrogen and oxygen atoms in total. The highest BCUT2D eigenvalue weighted by atomic mass is 32.1. The maximum atomic E-state index is 12.2. The third-order valence-corrected chi connectivity index (χ3v) is 3.91. The molecule has 1 fully saturated rings. The van der Waals surface area contributed by atoms with E-state index in [0.717, 1.165) is 31.5 Å². The van der Waals surface area contributed by atoms with Gasteiger partial charge in [0.2, 0.25) is 5.91 Å². The summed E-state index contributed by atoms with van der Waals surface area (Å²) in [6, 6.07) is 7.33. The summed E-state index contributed by atoms with van der Waals surface area (Å²) >= 11 is 5.10. The van der Waals surface area contributed by atoms with E-state index in [0.29, 0.717) is 17.3 Å². The van der Waals surface area contributed by atoms with Gasteiger partial charge < -0.3 is 15.8 Å². The second kappa shape index (κ2) is 7.38. The Morgan fingerprint density at radius 1 is 1.52 bits per heavy atom. The molecule has 1 atom stereocenters. The fourth-order valence-corrected chi connectivity index (χ4v) is 2.86. The SMILES string of the molecule is COc1cccc(NC(=O)CN2CCCCC2C(N)=S)c1. The summed E-state index contributed by atoms with van der Waals surface area (Å²) in [7, 11) is 1.60. The molecule has 6 heteroatoms. The molecule has 0 saturated carbocycles. The number of methoxy groups -OCH3 is 1. The van der Waals surface area contributed by atoms with Crippen LogP contribution in [0.25, 0.3) is 0 Å². The Kier molecular flexibility index (Phi) is 5.52. The number of piperidine rings is 1. The predicted octanol–water partition coefficient (Wildman–Crippen LogP) is 1.77. The number of carbonyl (C=O) groups excluding carboxylic acids is 1. The number of hydrogen-bond donors (Lipinski definition) is 2. The molecule has 0 bridgehead atoms. The van der Waals surface area contributed by atoms with Crippen LogP contribution in [-0.2, 0) is 4.79 Å². The van der Waals surface area contributed by atoms with Crippen LogP contribution in [0, 0.1) is 0 Å². The van der Waals surface area contributed by atoms with Crippen LogP contribution in [0.2, 0.25) is 0 Å². The quantitative estimate of drug-likeness (QED) is 0.812. The molecule has 0 aliphatic carbocycles. The van der Waals surface area contributed by atoms with Gasteiger partial charge in [-0.2, -0.15) is 0 Å². The molecular weight excluding hydrogens is 286 g/mol. The second-order valence-electron chi connectivity index (χ2n) is 5.16. The fraction of sp³-hybridized carbons (Fsp3) is 0.467. The Hall–Kier alpha value is -1.66. The van der Waals surface area contributed by atoms with Gasteiger partial charge in [0.1, 0.15) is 5.75 Å². The van der Waals surface area contributed by atoms with Crippen molar-refractivity contribution >= 4 is 28.8 Å². The Labute approximate surface area is 130 Å². The van der Waals surface area contributed by atoms with Crippen molar-refractivity contribution in [2.75, 3.05) is 25.5 Å². The van der Waals surface area contributed by atoms with Crippen LogP contribution >= 0.6 is 12.2 Å². The van der Waals surface area contributed by atoms with E-state index in [9.17, 15) is 4.79 Å². The Morgan fingerprint density at radius 2 is 2.33 bits per heavy atom. The maximum Gasteiger partial charge on any atom is 0.238 e. The zero-order chi connectivity index (χ0) is 15.2. The smallest absolute Gasteiger partial charge is 0.238 e. The van der Waals surface area contributed by atoms with E-state index in [2.05, 4.69) is 10.2 Å². The number of carbonyl (C=O) groups is 1. The average Bonchev–Trinajstić information content (AvgIpc) is 2.47. The number of likely N-dealkylation sites (tertiary alicyclic amines) is 1. The van der Waals surface area contributed by atoms with E-state index >= 15 is 0 Å². The largest absolute Gasteiger partial charge is 0.497 e. The van der Waals surface area contributed by atoms with Gasteiger partial charge in [-0.25, -0.2) is 0 Å². The summed E-state index contributed by atoms with van der Waals surface area (Å²) in [5, 5.41) is 2.88. The van der Waals surface area contributed by atoms with Crippen molar-refractivity contribution in [3.8, 4) is 5.75 Å². The van der Waals surface area contributed by atoms with E-state index in [1.54, 1.807) is 13.2 Å². The minimum Gasteiger partial charge on any atom is -0.497 e. The van der Waals surface area contributed by atoms with E-state index in [1.165, 1.54) is 0 Å². The molecule has 0 aromatic heterocycles. The first kappa shape index (κ1) is 15.7. The van der Waals surface area contributed by atoms with Crippen molar-refractivity contribution in [1.29, 1.82) is 0 Å².